The van der Waals surface area contributed by atoms with E-state index in [1.165, 1.54) is 18.9 Å². The highest BCUT2D eigenvalue weighted by Gasteiger charge is 2.19. The number of aromatic nitrogens is 1. The fourth-order valence-electron chi connectivity index (χ4n) is 2.29. The summed E-state index contributed by atoms with van der Waals surface area (Å²) < 4.78 is 26.3. The van der Waals surface area contributed by atoms with Crippen molar-refractivity contribution in [3.8, 4) is 0 Å². The molecule has 1 atom stereocenters. The Kier molecular flexibility index (Phi) is 4.42. The Morgan fingerprint density at radius 1 is 1.47 bits per heavy atom. The molecule has 1 fully saturated rings. The van der Waals surface area contributed by atoms with Crippen LogP contribution in [-0.2, 0) is 0 Å². The Bertz CT molecular complexity index is 461. The van der Waals surface area contributed by atoms with Gasteiger partial charge < -0.3 is 10.2 Å². The fourth-order valence-corrected chi connectivity index (χ4v) is 2.29. The largest absolute Gasteiger partial charge is 0.348 e. The summed E-state index contributed by atoms with van der Waals surface area (Å²) in [5.74, 6) is -3.06. The number of amides is 1. The summed E-state index contributed by atoms with van der Waals surface area (Å²) in [4.78, 5) is 17.2. The second-order valence-corrected chi connectivity index (χ2v) is 4.85. The van der Waals surface area contributed by atoms with Crippen molar-refractivity contribution in [1.82, 2.24) is 15.2 Å². The molecule has 1 amide bonds. The van der Waals surface area contributed by atoms with E-state index in [4.69, 9.17) is 0 Å². The van der Waals surface area contributed by atoms with Crippen molar-refractivity contribution in [1.29, 1.82) is 0 Å². The lowest BCUT2D eigenvalue weighted by molar-refractivity contribution is 0.0926. The average Bonchev–Trinajstić information content (AvgIpc) is 2.85. The number of likely N-dealkylation sites (tertiary alicyclic amines) is 1. The molecule has 0 saturated carbocycles. The number of halogens is 2. The van der Waals surface area contributed by atoms with E-state index in [-0.39, 0.29) is 11.6 Å². The van der Waals surface area contributed by atoms with Crippen LogP contribution in [-0.4, -0.2) is 41.5 Å². The minimum Gasteiger partial charge on any atom is -0.348 e. The third-order valence-electron chi connectivity index (χ3n) is 3.20. The maximum absolute atomic E-state index is 13.4. The molecule has 19 heavy (non-hydrogen) atoms. The Balaban J connectivity index is 1.94. The van der Waals surface area contributed by atoms with E-state index < -0.39 is 17.7 Å². The van der Waals surface area contributed by atoms with Crippen molar-refractivity contribution < 1.29 is 13.6 Å². The molecule has 0 spiro atoms. The topological polar surface area (TPSA) is 45.2 Å². The van der Waals surface area contributed by atoms with Crippen LogP contribution in [0.4, 0.5) is 8.78 Å². The number of hydrogen-bond acceptors (Lipinski definition) is 3. The molecule has 0 radical (unpaired) electrons. The van der Waals surface area contributed by atoms with Gasteiger partial charge in [0.1, 0.15) is 0 Å². The summed E-state index contributed by atoms with van der Waals surface area (Å²) in [5, 5.41) is 2.68. The van der Waals surface area contributed by atoms with E-state index in [9.17, 15) is 13.6 Å². The molecule has 1 N–H and O–H groups in total. The molecule has 104 valence electrons. The van der Waals surface area contributed by atoms with Gasteiger partial charge in [-0.15, -0.1) is 0 Å². The minimum absolute atomic E-state index is 0.110. The summed E-state index contributed by atoms with van der Waals surface area (Å²) in [6.07, 6.45) is 3.42. The highest BCUT2D eigenvalue weighted by molar-refractivity contribution is 5.94. The molecule has 0 bridgehead atoms. The molecular formula is C13H17F2N3O. The van der Waals surface area contributed by atoms with E-state index >= 15 is 0 Å². The summed E-state index contributed by atoms with van der Waals surface area (Å²) in [6.45, 7) is 4.63. The molecule has 2 rings (SSSR count). The number of pyridine rings is 1. The third kappa shape index (κ3) is 3.47. The van der Waals surface area contributed by atoms with Crippen LogP contribution in [0.25, 0.3) is 0 Å². The zero-order valence-corrected chi connectivity index (χ0v) is 10.8. The zero-order chi connectivity index (χ0) is 13.8. The standard InChI is InChI=1S/C13H17F2N3O/c1-9(8-18-6-2-3-7-18)17-13(19)10-4-5-16-12(15)11(10)14/h4-5,9H,2-3,6-8H2,1H3,(H,17,19). The number of nitrogens with zero attached hydrogens (tertiary/aromatic N) is 2. The van der Waals surface area contributed by atoms with Crippen LogP contribution >= 0.6 is 0 Å². The molecule has 1 aliphatic rings. The lowest BCUT2D eigenvalue weighted by Crippen LogP contribution is -2.41. The summed E-state index contributed by atoms with van der Waals surface area (Å²) in [6, 6.07) is 1.07. The van der Waals surface area contributed by atoms with Crippen LogP contribution in [0, 0.1) is 11.8 Å². The number of nitrogens with one attached hydrogen (secondary N) is 1. The van der Waals surface area contributed by atoms with Crippen molar-refractivity contribution in [2.45, 2.75) is 25.8 Å². The normalized spacial score (nSPS) is 17.4. The van der Waals surface area contributed by atoms with Gasteiger partial charge in [0.2, 0.25) is 5.95 Å². The second-order valence-electron chi connectivity index (χ2n) is 4.85. The predicted molar refractivity (Wildman–Crippen MR) is 66.8 cm³/mol. The molecule has 2 heterocycles. The molecule has 1 saturated heterocycles. The molecule has 1 unspecified atom stereocenters. The smallest absolute Gasteiger partial charge is 0.254 e. The van der Waals surface area contributed by atoms with E-state index in [1.54, 1.807) is 0 Å². The second kappa shape index (κ2) is 6.06. The molecular weight excluding hydrogens is 252 g/mol. The van der Waals surface area contributed by atoms with Crippen LogP contribution in [0.1, 0.15) is 30.1 Å². The molecule has 1 aromatic heterocycles. The van der Waals surface area contributed by atoms with Crippen molar-refractivity contribution in [2.75, 3.05) is 19.6 Å². The van der Waals surface area contributed by atoms with Crippen LogP contribution < -0.4 is 5.32 Å². The van der Waals surface area contributed by atoms with Gasteiger partial charge in [-0.25, -0.2) is 9.37 Å². The number of rotatable bonds is 4. The molecule has 1 aromatic rings. The van der Waals surface area contributed by atoms with E-state index in [1.807, 2.05) is 6.92 Å². The van der Waals surface area contributed by atoms with Gasteiger partial charge in [-0.2, -0.15) is 4.39 Å². The van der Waals surface area contributed by atoms with Gasteiger partial charge in [-0.3, -0.25) is 4.79 Å². The van der Waals surface area contributed by atoms with E-state index in [0.29, 0.717) is 0 Å². The van der Waals surface area contributed by atoms with Gasteiger partial charge in [0.25, 0.3) is 5.91 Å². The maximum Gasteiger partial charge on any atom is 0.254 e. The first-order chi connectivity index (χ1) is 9.08. The molecule has 0 aliphatic carbocycles. The first-order valence-corrected chi connectivity index (χ1v) is 6.41. The molecule has 4 nitrogen and oxygen atoms in total. The number of hydrogen-bond donors (Lipinski definition) is 1. The van der Waals surface area contributed by atoms with Crippen molar-refractivity contribution >= 4 is 5.91 Å². The van der Waals surface area contributed by atoms with Crippen LogP contribution in [0.2, 0.25) is 0 Å². The first-order valence-electron chi connectivity index (χ1n) is 6.41. The van der Waals surface area contributed by atoms with Crippen LogP contribution in [0.3, 0.4) is 0 Å². The lowest BCUT2D eigenvalue weighted by atomic mass is 10.2. The van der Waals surface area contributed by atoms with Crippen molar-refractivity contribution in [2.24, 2.45) is 0 Å². The monoisotopic (exact) mass is 269 g/mol. The van der Waals surface area contributed by atoms with Gasteiger partial charge in [-0.05, 0) is 38.9 Å². The maximum atomic E-state index is 13.4. The molecule has 6 heteroatoms. The minimum atomic E-state index is -1.25. The number of carbonyl (C=O) groups excluding carboxylic acids is 1. The van der Waals surface area contributed by atoms with Gasteiger partial charge in [0.05, 0.1) is 5.56 Å². The Hall–Kier alpha value is -1.56. The Labute approximate surface area is 110 Å². The summed E-state index contributed by atoms with van der Waals surface area (Å²) in [7, 11) is 0. The van der Waals surface area contributed by atoms with E-state index in [0.717, 1.165) is 25.8 Å². The Morgan fingerprint density at radius 2 is 2.16 bits per heavy atom. The van der Waals surface area contributed by atoms with Gasteiger partial charge >= 0.3 is 0 Å². The van der Waals surface area contributed by atoms with Gasteiger partial charge in [0.15, 0.2) is 5.82 Å². The highest BCUT2D eigenvalue weighted by Crippen LogP contribution is 2.10. The average molecular weight is 269 g/mol. The zero-order valence-electron chi connectivity index (χ0n) is 10.8. The van der Waals surface area contributed by atoms with Crippen LogP contribution in [0.15, 0.2) is 12.3 Å². The Morgan fingerprint density at radius 3 is 2.84 bits per heavy atom. The third-order valence-corrected chi connectivity index (χ3v) is 3.20. The SMILES string of the molecule is CC(CN1CCCC1)NC(=O)c1ccnc(F)c1F. The summed E-state index contributed by atoms with van der Waals surface area (Å²) in [5.41, 5.74) is -0.305. The van der Waals surface area contributed by atoms with Gasteiger partial charge in [-0.1, -0.05) is 0 Å². The van der Waals surface area contributed by atoms with Gasteiger partial charge in [0, 0.05) is 18.8 Å². The first kappa shape index (κ1) is 13.9. The van der Waals surface area contributed by atoms with Crippen LogP contribution in [0.5, 0.6) is 0 Å². The van der Waals surface area contributed by atoms with E-state index in [2.05, 4.69) is 15.2 Å². The summed E-state index contributed by atoms with van der Waals surface area (Å²) >= 11 is 0. The quantitative estimate of drug-likeness (QED) is 0.844. The van der Waals surface area contributed by atoms with Crippen molar-refractivity contribution in [3.05, 3.63) is 29.6 Å². The lowest BCUT2D eigenvalue weighted by Gasteiger charge is -2.21. The molecule has 0 aromatic carbocycles. The highest BCUT2D eigenvalue weighted by atomic mass is 19.2. The number of carbonyl (C=O) groups is 1. The molecule has 1 aliphatic heterocycles. The fraction of sp³-hybridized carbons (Fsp3) is 0.538. The predicted octanol–water partition coefficient (Wildman–Crippen LogP) is 1.57. The van der Waals surface area contributed by atoms with Crippen molar-refractivity contribution in [3.63, 3.8) is 0 Å².